The van der Waals surface area contributed by atoms with Crippen LogP contribution in [0.25, 0.3) is 10.1 Å². The van der Waals surface area contributed by atoms with Crippen molar-refractivity contribution >= 4 is 44.6 Å². The first-order chi connectivity index (χ1) is 13.6. The first-order valence-electron chi connectivity index (χ1n) is 8.44. The highest BCUT2D eigenvalue weighted by Crippen LogP contribution is 2.39. The molecule has 1 heterocycles. The number of hydrogen-bond donors (Lipinski definition) is 1. The minimum Gasteiger partial charge on any atom is -0.489 e. The van der Waals surface area contributed by atoms with Gasteiger partial charge in [0.15, 0.2) is 5.75 Å². The van der Waals surface area contributed by atoms with E-state index in [2.05, 4.69) is 11.2 Å². The molecule has 0 radical (unpaired) electrons. The third-order valence-electron chi connectivity index (χ3n) is 3.79. The van der Waals surface area contributed by atoms with Gasteiger partial charge in [0.2, 0.25) is 0 Å². The number of anilines is 1. The van der Waals surface area contributed by atoms with Gasteiger partial charge in [0.05, 0.1) is 12.3 Å². The Kier molecular flexibility index (Phi) is 6.77. The van der Waals surface area contributed by atoms with Gasteiger partial charge in [-0.05, 0) is 30.3 Å². The number of hydrogen-bond acceptors (Lipinski definition) is 5. The molecule has 0 unspecified atom stereocenters. The average Bonchev–Trinajstić information content (AvgIpc) is 3.07. The molecule has 0 aliphatic heterocycles. The van der Waals surface area contributed by atoms with E-state index in [1.54, 1.807) is 25.3 Å². The van der Waals surface area contributed by atoms with E-state index in [0.717, 1.165) is 10.1 Å². The number of rotatable bonds is 8. The van der Waals surface area contributed by atoms with Crippen LogP contribution in [0.1, 0.15) is 9.67 Å². The van der Waals surface area contributed by atoms with Gasteiger partial charge in [0.1, 0.15) is 23.8 Å². The smallest absolute Gasteiger partial charge is 0.269 e. The minimum atomic E-state index is -0.327. The first-order valence-corrected chi connectivity index (χ1v) is 9.64. The number of carbonyl (C=O) groups is 1. The van der Waals surface area contributed by atoms with E-state index < -0.39 is 0 Å². The number of halogens is 1. The number of carbonyl (C=O) groups excluding carboxylic acids is 1. The Balaban J connectivity index is 1.91. The van der Waals surface area contributed by atoms with Crippen LogP contribution >= 0.6 is 22.9 Å². The number of methoxy groups -OCH3 is 1. The van der Waals surface area contributed by atoms with Gasteiger partial charge in [-0.2, -0.15) is 0 Å². The summed E-state index contributed by atoms with van der Waals surface area (Å²) in [6.45, 7) is 0.848. The summed E-state index contributed by atoms with van der Waals surface area (Å²) in [5.41, 5.74) is 0.467. The molecule has 0 saturated heterocycles. The Morgan fingerprint density at radius 3 is 2.82 bits per heavy atom. The van der Waals surface area contributed by atoms with Crippen LogP contribution in [-0.4, -0.2) is 32.8 Å². The molecule has 0 atom stereocenters. The fourth-order valence-electron chi connectivity index (χ4n) is 2.57. The Hall–Kier alpha value is -2.72. The predicted molar refractivity (Wildman–Crippen MR) is 113 cm³/mol. The van der Waals surface area contributed by atoms with E-state index in [1.165, 1.54) is 11.3 Å². The Morgan fingerprint density at radius 1 is 1.21 bits per heavy atom. The summed E-state index contributed by atoms with van der Waals surface area (Å²) in [4.78, 5) is 13.4. The third-order valence-corrected chi connectivity index (χ3v) is 5.18. The normalized spacial score (nSPS) is 10.5. The minimum absolute atomic E-state index is 0.0730. The number of amides is 1. The van der Waals surface area contributed by atoms with E-state index in [1.807, 2.05) is 24.3 Å². The second-order valence-electron chi connectivity index (χ2n) is 5.69. The predicted octanol–water partition coefficient (Wildman–Crippen LogP) is 4.84. The zero-order valence-electron chi connectivity index (χ0n) is 15.2. The van der Waals surface area contributed by atoms with Crippen molar-refractivity contribution in [2.45, 2.75) is 0 Å². The molecule has 3 rings (SSSR count). The van der Waals surface area contributed by atoms with Crippen molar-refractivity contribution in [2.24, 2.45) is 0 Å². The highest BCUT2D eigenvalue weighted by molar-refractivity contribution is 7.21. The van der Waals surface area contributed by atoms with Gasteiger partial charge in [0.25, 0.3) is 5.91 Å². The summed E-state index contributed by atoms with van der Waals surface area (Å²) in [5.74, 6) is 3.08. The molecule has 1 aromatic heterocycles. The zero-order chi connectivity index (χ0) is 19.9. The fourth-order valence-corrected chi connectivity index (χ4v) is 3.78. The number of fused-ring (bicyclic) bond motifs is 1. The van der Waals surface area contributed by atoms with Gasteiger partial charge in [-0.1, -0.05) is 29.7 Å². The molecule has 0 fully saturated rings. The van der Waals surface area contributed by atoms with Gasteiger partial charge in [-0.25, -0.2) is 0 Å². The molecule has 0 aliphatic rings. The van der Waals surface area contributed by atoms with E-state index >= 15 is 0 Å². The van der Waals surface area contributed by atoms with Crippen LogP contribution in [0.2, 0.25) is 5.02 Å². The van der Waals surface area contributed by atoms with Crippen LogP contribution in [0.15, 0.2) is 42.5 Å². The van der Waals surface area contributed by atoms with Crippen molar-refractivity contribution in [3.63, 3.8) is 0 Å². The molecule has 1 amide bonds. The highest BCUT2D eigenvalue weighted by Gasteiger charge is 2.21. The van der Waals surface area contributed by atoms with Gasteiger partial charge < -0.3 is 19.5 Å². The van der Waals surface area contributed by atoms with Crippen molar-refractivity contribution in [2.75, 3.05) is 32.2 Å². The summed E-state index contributed by atoms with van der Waals surface area (Å²) in [7, 11) is 1.59. The lowest BCUT2D eigenvalue weighted by molar-refractivity contribution is 0.102. The lowest BCUT2D eigenvalue weighted by Gasteiger charge is -2.13. The Bertz CT molecular complexity index is 1020. The van der Waals surface area contributed by atoms with Gasteiger partial charge in [-0.15, -0.1) is 17.8 Å². The standard InChI is InChI=1S/C21H18ClNO4S/c1-3-10-27-19-15-6-4-5-7-18(15)28-20(19)21(24)23-16-13-14(22)8-9-17(16)26-12-11-25-2/h1,4-9,13H,10-12H2,2H3,(H,23,24). The molecule has 0 spiro atoms. The molecule has 144 valence electrons. The van der Waals surface area contributed by atoms with Gasteiger partial charge >= 0.3 is 0 Å². The van der Waals surface area contributed by atoms with Crippen LogP contribution in [-0.2, 0) is 4.74 Å². The quantitative estimate of drug-likeness (QED) is 0.422. The maximum Gasteiger partial charge on any atom is 0.269 e. The average molecular weight is 416 g/mol. The van der Waals surface area contributed by atoms with E-state index in [4.69, 9.17) is 32.2 Å². The SMILES string of the molecule is C#CCOc1c(C(=O)Nc2cc(Cl)ccc2OCCOC)sc2ccccc12. The van der Waals surface area contributed by atoms with Crippen LogP contribution in [0, 0.1) is 12.3 Å². The fraction of sp³-hybridized carbons (Fsp3) is 0.190. The number of benzene rings is 2. The number of nitrogens with one attached hydrogen (secondary N) is 1. The van der Waals surface area contributed by atoms with Gasteiger partial charge in [0, 0.05) is 22.2 Å². The monoisotopic (exact) mass is 415 g/mol. The molecule has 5 nitrogen and oxygen atoms in total. The molecular formula is C21H18ClNO4S. The van der Waals surface area contributed by atoms with Gasteiger partial charge in [-0.3, -0.25) is 4.79 Å². The molecule has 0 saturated carbocycles. The molecular weight excluding hydrogens is 398 g/mol. The molecule has 7 heteroatoms. The summed E-state index contributed by atoms with van der Waals surface area (Å²) in [6, 6.07) is 12.7. The number of thiophene rings is 1. The summed E-state index contributed by atoms with van der Waals surface area (Å²) >= 11 is 7.43. The number of terminal acetylenes is 1. The largest absolute Gasteiger partial charge is 0.489 e. The molecule has 0 bridgehead atoms. The van der Waals surface area contributed by atoms with Crippen molar-refractivity contribution < 1.29 is 19.0 Å². The van der Waals surface area contributed by atoms with Crippen LogP contribution in [0.4, 0.5) is 5.69 Å². The molecule has 28 heavy (non-hydrogen) atoms. The summed E-state index contributed by atoms with van der Waals surface area (Å²) in [6.07, 6.45) is 5.32. The molecule has 2 aromatic carbocycles. The first kappa shape index (κ1) is 20.0. The zero-order valence-corrected chi connectivity index (χ0v) is 16.7. The third kappa shape index (κ3) is 4.57. The van der Waals surface area contributed by atoms with Crippen LogP contribution in [0.3, 0.4) is 0 Å². The second-order valence-corrected chi connectivity index (χ2v) is 7.17. The Morgan fingerprint density at radius 2 is 2.04 bits per heavy atom. The molecule has 3 aromatic rings. The Labute approximate surface area is 172 Å². The van der Waals surface area contributed by atoms with E-state index in [0.29, 0.717) is 40.3 Å². The molecule has 1 N–H and O–H groups in total. The number of ether oxygens (including phenoxy) is 3. The maximum atomic E-state index is 13.0. The highest BCUT2D eigenvalue weighted by atomic mass is 35.5. The lowest BCUT2D eigenvalue weighted by Crippen LogP contribution is -2.14. The maximum absolute atomic E-state index is 13.0. The summed E-state index contributed by atoms with van der Waals surface area (Å²) in [5, 5.41) is 4.19. The molecule has 0 aliphatic carbocycles. The van der Waals surface area contributed by atoms with Crippen molar-refractivity contribution in [3.8, 4) is 23.8 Å². The second kappa shape index (κ2) is 9.47. The van der Waals surface area contributed by atoms with Crippen LogP contribution in [0.5, 0.6) is 11.5 Å². The van der Waals surface area contributed by atoms with Crippen LogP contribution < -0.4 is 14.8 Å². The lowest BCUT2D eigenvalue weighted by atomic mass is 10.2. The van der Waals surface area contributed by atoms with Crippen molar-refractivity contribution in [1.82, 2.24) is 0 Å². The van der Waals surface area contributed by atoms with E-state index in [9.17, 15) is 4.79 Å². The summed E-state index contributed by atoms with van der Waals surface area (Å²) < 4.78 is 17.3. The van der Waals surface area contributed by atoms with E-state index in [-0.39, 0.29) is 12.5 Å². The topological polar surface area (TPSA) is 56.8 Å². The van der Waals surface area contributed by atoms with Crippen molar-refractivity contribution in [3.05, 3.63) is 52.4 Å². The van der Waals surface area contributed by atoms with Crippen molar-refractivity contribution in [1.29, 1.82) is 0 Å².